The molecule has 1 aliphatic carbocycles. The number of anilines is 1. The molecule has 1 N–H and O–H groups in total. The number of nitrogens with one attached hydrogen (secondary N) is 1. The maximum absolute atomic E-state index is 12.2. The minimum Gasteiger partial charge on any atom is -0.357 e. The lowest BCUT2D eigenvalue weighted by molar-refractivity contribution is 0.0951. The number of aromatic nitrogens is 1. The minimum atomic E-state index is 0.0345. The van der Waals surface area contributed by atoms with E-state index in [1.165, 1.54) is 12.8 Å². The summed E-state index contributed by atoms with van der Waals surface area (Å²) in [5.74, 6) is 1.71. The van der Waals surface area contributed by atoms with E-state index in [0.29, 0.717) is 12.1 Å². The van der Waals surface area contributed by atoms with Crippen LogP contribution in [-0.2, 0) is 0 Å². The first kappa shape index (κ1) is 16.2. The van der Waals surface area contributed by atoms with Crippen LogP contribution in [0.2, 0.25) is 0 Å². The Labute approximate surface area is 139 Å². The van der Waals surface area contributed by atoms with Gasteiger partial charge in [0.25, 0.3) is 5.91 Å². The van der Waals surface area contributed by atoms with Crippen molar-refractivity contribution in [1.29, 1.82) is 0 Å². The third kappa shape index (κ3) is 4.02. The standard InChI is InChI=1S/C18H28N4O/c1-13(21(2)3)14-7-10-22(11-8-14)17-12-15(6-9-19-17)18(23)20-16-4-5-16/h6,9,12-14,16H,4-5,7-8,10-11H2,1-3H3,(H,20,23). The molecule has 126 valence electrons. The second-order valence-corrected chi connectivity index (χ2v) is 7.18. The van der Waals surface area contributed by atoms with Crippen LogP contribution in [0, 0.1) is 5.92 Å². The van der Waals surface area contributed by atoms with Crippen LogP contribution in [0.5, 0.6) is 0 Å². The molecule has 1 atom stereocenters. The number of hydrogen-bond donors (Lipinski definition) is 1. The van der Waals surface area contributed by atoms with Gasteiger partial charge in [-0.2, -0.15) is 0 Å². The van der Waals surface area contributed by atoms with Crippen LogP contribution >= 0.6 is 0 Å². The summed E-state index contributed by atoms with van der Waals surface area (Å²) in [5, 5.41) is 3.04. The van der Waals surface area contributed by atoms with E-state index in [0.717, 1.165) is 43.2 Å². The van der Waals surface area contributed by atoms with Crippen LogP contribution in [0.25, 0.3) is 0 Å². The zero-order valence-electron chi connectivity index (χ0n) is 14.5. The van der Waals surface area contributed by atoms with Crippen molar-refractivity contribution in [3.63, 3.8) is 0 Å². The quantitative estimate of drug-likeness (QED) is 0.904. The zero-order valence-corrected chi connectivity index (χ0v) is 14.5. The highest BCUT2D eigenvalue weighted by molar-refractivity contribution is 5.95. The molecular formula is C18H28N4O. The lowest BCUT2D eigenvalue weighted by atomic mass is 9.90. The summed E-state index contributed by atoms with van der Waals surface area (Å²) in [6.07, 6.45) is 6.34. The molecule has 1 amide bonds. The van der Waals surface area contributed by atoms with E-state index in [4.69, 9.17) is 0 Å². The first-order valence-corrected chi connectivity index (χ1v) is 8.73. The molecule has 5 nitrogen and oxygen atoms in total. The Kier molecular flexibility index (Phi) is 4.85. The van der Waals surface area contributed by atoms with E-state index in [-0.39, 0.29) is 5.91 Å². The highest BCUT2D eigenvalue weighted by Gasteiger charge is 2.27. The van der Waals surface area contributed by atoms with E-state index in [1.807, 2.05) is 12.1 Å². The molecule has 0 bridgehead atoms. The van der Waals surface area contributed by atoms with Crippen molar-refractivity contribution >= 4 is 11.7 Å². The average molecular weight is 316 g/mol. The third-order valence-electron chi connectivity index (χ3n) is 5.28. The summed E-state index contributed by atoms with van der Waals surface area (Å²) in [4.78, 5) is 21.3. The van der Waals surface area contributed by atoms with Gasteiger partial charge in [0.2, 0.25) is 0 Å². The van der Waals surface area contributed by atoms with Crippen LogP contribution in [0.1, 0.15) is 43.0 Å². The second-order valence-electron chi connectivity index (χ2n) is 7.18. The molecule has 0 spiro atoms. The van der Waals surface area contributed by atoms with E-state index in [9.17, 15) is 4.79 Å². The first-order chi connectivity index (χ1) is 11.0. The molecule has 3 rings (SSSR count). The van der Waals surface area contributed by atoms with Crippen LogP contribution in [0.3, 0.4) is 0 Å². The van der Waals surface area contributed by atoms with E-state index in [2.05, 4.69) is 41.1 Å². The maximum atomic E-state index is 12.2. The maximum Gasteiger partial charge on any atom is 0.251 e. The van der Waals surface area contributed by atoms with E-state index < -0.39 is 0 Å². The van der Waals surface area contributed by atoms with Gasteiger partial charge < -0.3 is 15.1 Å². The molecule has 5 heteroatoms. The lowest BCUT2D eigenvalue weighted by Crippen LogP contribution is -2.41. The summed E-state index contributed by atoms with van der Waals surface area (Å²) in [6.45, 7) is 4.34. The number of carbonyl (C=O) groups excluding carboxylic acids is 1. The highest BCUT2D eigenvalue weighted by Crippen LogP contribution is 2.26. The SMILES string of the molecule is CC(C1CCN(c2cc(C(=O)NC3CC3)ccn2)CC1)N(C)C. The van der Waals surface area contributed by atoms with Crippen molar-refractivity contribution < 1.29 is 4.79 Å². The number of carbonyl (C=O) groups is 1. The number of rotatable bonds is 5. The lowest BCUT2D eigenvalue weighted by Gasteiger charge is -2.37. The van der Waals surface area contributed by atoms with Crippen molar-refractivity contribution in [3.05, 3.63) is 23.9 Å². The van der Waals surface area contributed by atoms with E-state index in [1.54, 1.807) is 6.20 Å². The molecule has 2 fully saturated rings. The van der Waals surface area contributed by atoms with Crippen LogP contribution < -0.4 is 10.2 Å². The Balaban J connectivity index is 1.60. The fourth-order valence-electron chi connectivity index (χ4n) is 3.26. The van der Waals surface area contributed by atoms with E-state index >= 15 is 0 Å². The van der Waals surface area contributed by atoms with Crippen molar-refractivity contribution in [2.75, 3.05) is 32.1 Å². The molecule has 1 aromatic rings. The normalized spacial score (nSPS) is 20.6. The molecule has 1 saturated carbocycles. The highest BCUT2D eigenvalue weighted by atomic mass is 16.1. The van der Waals surface area contributed by atoms with Crippen molar-refractivity contribution in [2.45, 2.75) is 44.7 Å². The number of nitrogens with zero attached hydrogens (tertiary/aromatic N) is 3. The smallest absolute Gasteiger partial charge is 0.251 e. The Morgan fingerprint density at radius 2 is 2.00 bits per heavy atom. The van der Waals surface area contributed by atoms with Crippen molar-refractivity contribution in [3.8, 4) is 0 Å². The van der Waals surface area contributed by atoms with Crippen molar-refractivity contribution in [1.82, 2.24) is 15.2 Å². The van der Waals surface area contributed by atoms with Gasteiger partial charge in [-0.3, -0.25) is 4.79 Å². The molecule has 1 saturated heterocycles. The van der Waals surface area contributed by atoms with Gasteiger partial charge in [0.1, 0.15) is 5.82 Å². The Morgan fingerprint density at radius 3 is 2.61 bits per heavy atom. The Morgan fingerprint density at radius 1 is 1.30 bits per heavy atom. The van der Waals surface area contributed by atoms with Gasteiger partial charge >= 0.3 is 0 Å². The molecule has 1 unspecified atom stereocenters. The topological polar surface area (TPSA) is 48.5 Å². The fraction of sp³-hybridized carbons (Fsp3) is 0.667. The summed E-state index contributed by atoms with van der Waals surface area (Å²) >= 11 is 0. The summed E-state index contributed by atoms with van der Waals surface area (Å²) in [6, 6.07) is 4.75. The van der Waals surface area contributed by atoms with Crippen LogP contribution in [-0.4, -0.2) is 55.1 Å². The molecule has 0 radical (unpaired) electrons. The molecule has 1 aromatic heterocycles. The largest absolute Gasteiger partial charge is 0.357 e. The number of amides is 1. The third-order valence-corrected chi connectivity index (χ3v) is 5.28. The average Bonchev–Trinajstić information content (AvgIpc) is 3.38. The number of hydrogen-bond acceptors (Lipinski definition) is 4. The van der Waals surface area contributed by atoms with Crippen LogP contribution in [0.15, 0.2) is 18.3 Å². The van der Waals surface area contributed by atoms with Gasteiger partial charge in [0.15, 0.2) is 0 Å². The Hall–Kier alpha value is -1.62. The van der Waals surface area contributed by atoms with Gasteiger partial charge in [0.05, 0.1) is 0 Å². The van der Waals surface area contributed by atoms with Crippen LogP contribution in [0.4, 0.5) is 5.82 Å². The van der Waals surface area contributed by atoms with Gasteiger partial charge in [-0.15, -0.1) is 0 Å². The zero-order chi connectivity index (χ0) is 16.4. The van der Waals surface area contributed by atoms with Gasteiger partial charge in [-0.1, -0.05) is 0 Å². The number of piperidine rings is 1. The minimum absolute atomic E-state index is 0.0345. The molecule has 2 aliphatic rings. The predicted molar refractivity (Wildman–Crippen MR) is 92.8 cm³/mol. The van der Waals surface area contributed by atoms with Gasteiger partial charge in [-0.25, -0.2) is 4.98 Å². The summed E-state index contributed by atoms with van der Waals surface area (Å²) < 4.78 is 0. The second kappa shape index (κ2) is 6.87. The summed E-state index contributed by atoms with van der Waals surface area (Å²) in [7, 11) is 4.31. The molecular weight excluding hydrogens is 288 g/mol. The Bertz CT molecular complexity index is 548. The van der Waals surface area contributed by atoms with Gasteiger partial charge in [0, 0.05) is 36.9 Å². The molecule has 0 aromatic carbocycles. The molecule has 2 heterocycles. The van der Waals surface area contributed by atoms with Crippen molar-refractivity contribution in [2.24, 2.45) is 5.92 Å². The molecule has 23 heavy (non-hydrogen) atoms. The van der Waals surface area contributed by atoms with Gasteiger partial charge in [-0.05, 0) is 64.8 Å². The number of pyridine rings is 1. The first-order valence-electron chi connectivity index (χ1n) is 8.73. The predicted octanol–water partition coefficient (Wildman–Crippen LogP) is 2.14. The molecule has 1 aliphatic heterocycles. The fourth-order valence-corrected chi connectivity index (χ4v) is 3.26. The summed E-state index contributed by atoms with van der Waals surface area (Å²) in [5.41, 5.74) is 0.727. The monoisotopic (exact) mass is 316 g/mol.